The molecular weight excluding hydrogens is 284 g/mol. The summed E-state index contributed by atoms with van der Waals surface area (Å²) in [6, 6.07) is 5.64. The molecule has 0 spiro atoms. The molecule has 0 aromatic carbocycles. The summed E-state index contributed by atoms with van der Waals surface area (Å²) in [7, 11) is 0. The summed E-state index contributed by atoms with van der Waals surface area (Å²) < 4.78 is 5.78. The van der Waals surface area contributed by atoms with Gasteiger partial charge in [-0.05, 0) is 54.8 Å². The molecular formula is C12H13BrN2O2. The molecule has 1 heterocycles. The predicted octanol–water partition coefficient (Wildman–Crippen LogP) is 2.95. The number of rotatable bonds is 3. The first kappa shape index (κ1) is 12.2. The SMILES string of the molecule is CC(C)(C#N)N(C(=O)c1ccc(Br)o1)C1CC1. The first-order valence-electron chi connectivity index (χ1n) is 5.46. The third kappa shape index (κ3) is 2.37. The quantitative estimate of drug-likeness (QED) is 0.862. The fraction of sp³-hybridized carbons (Fsp3) is 0.500. The third-order valence-electron chi connectivity index (χ3n) is 2.79. The molecule has 0 atom stereocenters. The summed E-state index contributed by atoms with van der Waals surface area (Å²) in [5.41, 5.74) is -0.808. The van der Waals surface area contributed by atoms with Crippen molar-refractivity contribution in [1.29, 1.82) is 5.26 Å². The topological polar surface area (TPSA) is 57.2 Å². The zero-order valence-corrected chi connectivity index (χ0v) is 11.3. The number of nitriles is 1. The van der Waals surface area contributed by atoms with Gasteiger partial charge in [0.1, 0.15) is 5.54 Å². The molecule has 1 amide bonds. The van der Waals surface area contributed by atoms with Gasteiger partial charge in [0.05, 0.1) is 6.07 Å². The minimum Gasteiger partial charge on any atom is -0.444 e. The zero-order valence-electron chi connectivity index (χ0n) is 9.74. The Morgan fingerprint density at radius 1 is 1.59 bits per heavy atom. The van der Waals surface area contributed by atoms with E-state index < -0.39 is 5.54 Å². The maximum absolute atomic E-state index is 12.3. The van der Waals surface area contributed by atoms with Crippen molar-refractivity contribution in [2.24, 2.45) is 0 Å². The molecule has 0 N–H and O–H groups in total. The van der Waals surface area contributed by atoms with Gasteiger partial charge in [-0.1, -0.05) is 0 Å². The molecule has 1 aromatic rings. The van der Waals surface area contributed by atoms with Crippen molar-refractivity contribution in [2.45, 2.75) is 38.3 Å². The normalized spacial score (nSPS) is 15.4. The van der Waals surface area contributed by atoms with Crippen molar-refractivity contribution in [3.05, 3.63) is 22.6 Å². The molecule has 90 valence electrons. The Labute approximate surface area is 108 Å². The van der Waals surface area contributed by atoms with Gasteiger partial charge >= 0.3 is 0 Å². The maximum Gasteiger partial charge on any atom is 0.291 e. The molecule has 4 nitrogen and oxygen atoms in total. The van der Waals surface area contributed by atoms with Crippen molar-refractivity contribution < 1.29 is 9.21 Å². The number of carbonyl (C=O) groups excluding carboxylic acids is 1. The maximum atomic E-state index is 12.3. The van der Waals surface area contributed by atoms with Crippen LogP contribution in [-0.2, 0) is 0 Å². The Morgan fingerprint density at radius 2 is 2.24 bits per heavy atom. The van der Waals surface area contributed by atoms with E-state index in [0.29, 0.717) is 4.67 Å². The van der Waals surface area contributed by atoms with Crippen LogP contribution in [-0.4, -0.2) is 22.4 Å². The molecule has 0 aliphatic heterocycles. The first-order valence-corrected chi connectivity index (χ1v) is 6.25. The average Bonchev–Trinajstić information content (AvgIpc) is 2.99. The van der Waals surface area contributed by atoms with Crippen molar-refractivity contribution in [1.82, 2.24) is 4.90 Å². The highest BCUT2D eigenvalue weighted by atomic mass is 79.9. The van der Waals surface area contributed by atoms with Gasteiger partial charge in [-0.25, -0.2) is 0 Å². The average molecular weight is 297 g/mol. The van der Waals surface area contributed by atoms with E-state index in [9.17, 15) is 4.79 Å². The summed E-state index contributed by atoms with van der Waals surface area (Å²) >= 11 is 3.17. The lowest BCUT2D eigenvalue weighted by molar-refractivity contribution is 0.0580. The van der Waals surface area contributed by atoms with E-state index in [0.717, 1.165) is 12.8 Å². The highest BCUT2D eigenvalue weighted by Gasteiger charge is 2.43. The highest BCUT2D eigenvalue weighted by Crippen LogP contribution is 2.34. The summed E-state index contributed by atoms with van der Waals surface area (Å²) in [4.78, 5) is 13.9. The molecule has 17 heavy (non-hydrogen) atoms. The van der Waals surface area contributed by atoms with Gasteiger partial charge in [0.2, 0.25) is 0 Å². The largest absolute Gasteiger partial charge is 0.444 e. The second-order valence-electron chi connectivity index (χ2n) is 4.68. The Bertz CT molecular complexity index is 483. The lowest BCUT2D eigenvalue weighted by Gasteiger charge is -2.32. The second-order valence-corrected chi connectivity index (χ2v) is 5.46. The van der Waals surface area contributed by atoms with Gasteiger partial charge in [-0.2, -0.15) is 5.26 Å². The van der Waals surface area contributed by atoms with Gasteiger partial charge in [-0.15, -0.1) is 0 Å². The lowest BCUT2D eigenvalue weighted by atomic mass is 10.0. The van der Waals surface area contributed by atoms with Gasteiger partial charge in [0.15, 0.2) is 10.4 Å². The van der Waals surface area contributed by atoms with Gasteiger partial charge in [-0.3, -0.25) is 4.79 Å². The number of hydrogen-bond donors (Lipinski definition) is 0. The van der Waals surface area contributed by atoms with Gasteiger partial charge < -0.3 is 9.32 Å². The monoisotopic (exact) mass is 296 g/mol. The lowest BCUT2D eigenvalue weighted by Crippen LogP contribution is -2.48. The molecule has 0 unspecified atom stereocenters. The third-order valence-corrected chi connectivity index (χ3v) is 3.22. The standard InChI is InChI=1S/C12H13BrN2O2/c1-12(2,7-14)15(8-3-4-8)11(16)9-5-6-10(13)17-9/h5-6,8H,3-4H2,1-2H3. The minimum atomic E-state index is -0.808. The van der Waals surface area contributed by atoms with Crippen LogP contribution in [0.4, 0.5) is 0 Å². The number of furan rings is 1. The smallest absolute Gasteiger partial charge is 0.291 e. The van der Waals surface area contributed by atoms with E-state index in [-0.39, 0.29) is 17.7 Å². The summed E-state index contributed by atoms with van der Waals surface area (Å²) in [6.45, 7) is 3.50. The molecule has 0 saturated heterocycles. The highest BCUT2D eigenvalue weighted by molar-refractivity contribution is 9.10. The Balaban J connectivity index is 2.29. The number of carbonyl (C=O) groups is 1. The molecule has 0 radical (unpaired) electrons. The van der Waals surface area contributed by atoms with E-state index in [1.165, 1.54) is 0 Å². The van der Waals surface area contributed by atoms with Crippen LogP contribution in [0, 0.1) is 11.3 Å². The first-order chi connectivity index (χ1) is 7.95. The Morgan fingerprint density at radius 3 is 2.65 bits per heavy atom. The molecule has 1 aromatic heterocycles. The summed E-state index contributed by atoms with van der Waals surface area (Å²) in [6.07, 6.45) is 1.91. The number of nitrogens with zero attached hydrogens (tertiary/aromatic N) is 2. The van der Waals surface area contributed by atoms with Crippen LogP contribution < -0.4 is 0 Å². The number of amides is 1. The molecule has 5 heteroatoms. The number of halogens is 1. The second kappa shape index (κ2) is 4.19. The fourth-order valence-corrected chi connectivity index (χ4v) is 2.12. The van der Waals surface area contributed by atoms with E-state index >= 15 is 0 Å². The molecule has 1 aliphatic carbocycles. The van der Waals surface area contributed by atoms with E-state index in [1.54, 1.807) is 30.9 Å². The van der Waals surface area contributed by atoms with Crippen LogP contribution in [0.1, 0.15) is 37.2 Å². The number of hydrogen-bond acceptors (Lipinski definition) is 3. The molecule has 1 saturated carbocycles. The Kier molecular flexibility index (Phi) is 3.00. The molecule has 1 fully saturated rings. The summed E-state index contributed by atoms with van der Waals surface area (Å²) in [5.74, 6) is 0.0526. The van der Waals surface area contributed by atoms with Crippen molar-refractivity contribution in [3.8, 4) is 6.07 Å². The molecule has 0 bridgehead atoms. The van der Waals surface area contributed by atoms with E-state index in [2.05, 4.69) is 22.0 Å². The van der Waals surface area contributed by atoms with Gasteiger partial charge in [0, 0.05) is 6.04 Å². The summed E-state index contributed by atoms with van der Waals surface area (Å²) in [5, 5.41) is 9.16. The minimum absolute atomic E-state index is 0.168. The van der Waals surface area contributed by atoms with E-state index in [4.69, 9.17) is 9.68 Å². The Hall–Kier alpha value is -1.28. The van der Waals surface area contributed by atoms with Crippen molar-refractivity contribution >= 4 is 21.8 Å². The predicted molar refractivity (Wildman–Crippen MR) is 65.3 cm³/mol. The van der Waals surface area contributed by atoms with Crippen LogP contribution >= 0.6 is 15.9 Å². The van der Waals surface area contributed by atoms with Crippen LogP contribution in [0.5, 0.6) is 0 Å². The van der Waals surface area contributed by atoms with Crippen molar-refractivity contribution in [3.63, 3.8) is 0 Å². The van der Waals surface area contributed by atoms with Crippen LogP contribution in [0.15, 0.2) is 21.2 Å². The fourth-order valence-electron chi connectivity index (χ4n) is 1.81. The molecule has 1 aliphatic rings. The van der Waals surface area contributed by atoms with Crippen LogP contribution in [0.2, 0.25) is 0 Å². The van der Waals surface area contributed by atoms with Crippen molar-refractivity contribution in [2.75, 3.05) is 0 Å². The van der Waals surface area contributed by atoms with Crippen LogP contribution in [0.3, 0.4) is 0 Å². The van der Waals surface area contributed by atoms with Crippen LogP contribution in [0.25, 0.3) is 0 Å². The van der Waals surface area contributed by atoms with Gasteiger partial charge in [0.25, 0.3) is 5.91 Å². The molecule has 2 rings (SSSR count). The van der Waals surface area contributed by atoms with E-state index in [1.807, 2.05) is 0 Å². The zero-order chi connectivity index (χ0) is 12.6.